The normalized spacial score (nSPS) is 16.7. The van der Waals surface area contributed by atoms with E-state index in [1.165, 1.54) is 5.52 Å². The molecule has 0 atom stereocenters. The molecule has 0 N–H and O–H groups in total. The van der Waals surface area contributed by atoms with Crippen LogP contribution in [0.3, 0.4) is 0 Å². The molecule has 4 nitrogen and oxygen atoms in total. The standard InChI is InChI=1S/C17H24ClN3O/c1-13(2)17-19-15-12-14(18)4-5-16(15)21(17)7-3-6-20-8-10-22-11-9-20/h4-5,12-13H,3,6-11H2,1-2H3. The first-order chi connectivity index (χ1) is 10.6. The lowest BCUT2D eigenvalue weighted by Gasteiger charge is -2.26. The van der Waals surface area contributed by atoms with Gasteiger partial charge >= 0.3 is 0 Å². The second-order valence-corrected chi connectivity index (χ2v) is 6.65. The summed E-state index contributed by atoms with van der Waals surface area (Å²) in [4.78, 5) is 7.26. The molecule has 0 bridgehead atoms. The van der Waals surface area contributed by atoms with E-state index in [9.17, 15) is 0 Å². The summed E-state index contributed by atoms with van der Waals surface area (Å²) in [7, 11) is 0. The molecule has 0 radical (unpaired) electrons. The number of hydrogen-bond acceptors (Lipinski definition) is 3. The van der Waals surface area contributed by atoms with E-state index in [-0.39, 0.29) is 0 Å². The van der Waals surface area contributed by atoms with Crippen molar-refractivity contribution in [2.75, 3.05) is 32.8 Å². The third-order valence-corrected chi connectivity index (χ3v) is 4.45. The van der Waals surface area contributed by atoms with Crippen molar-refractivity contribution < 1.29 is 4.74 Å². The molecule has 0 unspecified atom stereocenters. The number of halogens is 1. The van der Waals surface area contributed by atoms with Gasteiger partial charge in [-0.2, -0.15) is 0 Å². The summed E-state index contributed by atoms with van der Waals surface area (Å²) in [5, 5.41) is 0.751. The zero-order valence-electron chi connectivity index (χ0n) is 13.4. The molecule has 1 aliphatic rings. The Balaban J connectivity index is 1.74. The van der Waals surface area contributed by atoms with Gasteiger partial charge in [-0.25, -0.2) is 4.98 Å². The zero-order chi connectivity index (χ0) is 15.5. The van der Waals surface area contributed by atoms with Crippen LogP contribution in [0.2, 0.25) is 5.02 Å². The topological polar surface area (TPSA) is 30.3 Å². The molecule has 0 saturated carbocycles. The van der Waals surface area contributed by atoms with Crippen LogP contribution in [0.25, 0.3) is 11.0 Å². The van der Waals surface area contributed by atoms with Crippen molar-refractivity contribution in [1.82, 2.24) is 14.5 Å². The Kier molecular flexibility index (Phi) is 5.01. The van der Waals surface area contributed by atoms with Gasteiger partial charge in [-0.15, -0.1) is 0 Å². The van der Waals surface area contributed by atoms with Gasteiger partial charge in [0.05, 0.1) is 24.2 Å². The fourth-order valence-electron chi connectivity index (χ4n) is 3.07. The van der Waals surface area contributed by atoms with Gasteiger partial charge in [-0.05, 0) is 24.6 Å². The van der Waals surface area contributed by atoms with Gasteiger partial charge in [0.15, 0.2) is 0 Å². The van der Waals surface area contributed by atoms with Crippen LogP contribution < -0.4 is 0 Å². The number of aromatic nitrogens is 2. The lowest BCUT2D eigenvalue weighted by atomic mass is 10.2. The summed E-state index contributed by atoms with van der Waals surface area (Å²) in [5.74, 6) is 1.56. The summed E-state index contributed by atoms with van der Waals surface area (Å²) in [6.07, 6.45) is 1.13. The van der Waals surface area contributed by atoms with E-state index >= 15 is 0 Å². The minimum Gasteiger partial charge on any atom is -0.379 e. The van der Waals surface area contributed by atoms with Crippen LogP contribution in [-0.4, -0.2) is 47.3 Å². The lowest BCUT2D eigenvalue weighted by Crippen LogP contribution is -2.37. The minimum absolute atomic E-state index is 0.412. The Labute approximate surface area is 137 Å². The number of benzene rings is 1. The smallest absolute Gasteiger partial charge is 0.112 e. The second kappa shape index (κ2) is 6.99. The minimum atomic E-state index is 0.412. The van der Waals surface area contributed by atoms with E-state index in [1.54, 1.807) is 0 Å². The molecule has 1 aromatic carbocycles. The average molecular weight is 322 g/mol. The third kappa shape index (κ3) is 3.45. The molecule has 3 rings (SSSR count). The van der Waals surface area contributed by atoms with E-state index in [0.29, 0.717) is 5.92 Å². The lowest BCUT2D eigenvalue weighted by molar-refractivity contribution is 0.0369. The second-order valence-electron chi connectivity index (χ2n) is 6.22. The Morgan fingerprint density at radius 1 is 1.23 bits per heavy atom. The Bertz CT molecular complexity index is 632. The molecule has 1 aromatic heterocycles. The van der Waals surface area contributed by atoms with Crippen LogP contribution in [0, 0.1) is 0 Å². The highest BCUT2D eigenvalue weighted by atomic mass is 35.5. The Hall–Kier alpha value is -1.10. The number of rotatable bonds is 5. The predicted octanol–water partition coefficient (Wildman–Crippen LogP) is 3.54. The fourth-order valence-corrected chi connectivity index (χ4v) is 3.24. The fraction of sp³-hybridized carbons (Fsp3) is 0.588. The van der Waals surface area contributed by atoms with Crippen molar-refractivity contribution in [3.63, 3.8) is 0 Å². The first-order valence-corrected chi connectivity index (χ1v) is 8.49. The average Bonchev–Trinajstić information content (AvgIpc) is 2.86. The van der Waals surface area contributed by atoms with Gasteiger partial charge in [0, 0.05) is 37.1 Å². The van der Waals surface area contributed by atoms with Gasteiger partial charge in [0.1, 0.15) is 5.82 Å². The maximum atomic E-state index is 6.10. The third-order valence-electron chi connectivity index (χ3n) is 4.22. The maximum absolute atomic E-state index is 6.10. The van der Waals surface area contributed by atoms with Gasteiger partial charge in [0.2, 0.25) is 0 Å². The van der Waals surface area contributed by atoms with Crippen molar-refractivity contribution in [3.05, 3.63) is 29.0 Å². The molecular formula is C17H24ClN3O. The van der Waals surface area contributed by atoms with E-state index in [0.717, 1.165) is 62.2 Å². The van der Waals surface area contributed by atoms with E-state index < -0.39 is 0 Å². The highest BCUT2D eigenvalue weighted by Crippen LogP contribution is 2.24. The Morgan fingerprint density at radius 3 is 2.73 bits per heavy atom. The van der Waals surface area contributed by atoms with Gasteiger partial charge < -0.3 is 9.30 Å². The largest absolute Gasteiger partial charge is 0.379 e. The maximum Gasteiger partial charge on any atom is 0.112 e. The number of fused-ring (bicyclic) bond motifs is 1. The highest BCUT2D eigenvalue weighted by Gasteiger charge is 2.15. The van der Waals surface area contributed by atoms with Gasteiger partial charge in [-0.1, -0.05) is 25.4 Å². The molecule has 0 amide bonds. The SMILES string of the molecule is CC(C)c1nc2cc(Cl)ccc2n1CCCN1CCOCC1. The molecule has 2 aromatic rings. The van der Waals surface area contributed by atoms with Crippen molar-refractivity contribution in [2.24, 2.45) is 0 Å². The molecule has 1 aliphatic heterocycles. The molecule has 1 fully saturated rings. The molecule has 2 heterocycles. The van der Waals surface area contributed by atoms with E-state index in [1.807, 2.05) is 12.1 Å². The molecule has 0 aliphatic carbocycles. The molecule has 22 heavy (non-hydrogen) atoms. The summed E-state index contributed by atoms with van der Waals surface area (Å²) < 4.78 is 7.76. The van der Waals surface area contributed by atoms with E-state index in [2.05, 4.69) is 29.4 Å². The summed E-state index contributed by atoms with van der Waals surface area (Å²) in [5.41, 5.74) is 2.19. The van der Waals surface area contributed by atoms with Gasteiger partial charge in [-0.3, -0.25) is 4.90 Å². The quantitative estimate of drug-likeness (QED) is 0.844. The molecular weight excluding hydrogens is 298 g/mol. The van der Waals surface area contributed by atoms with Crippen LogP contribution in [0.4, 0.5) is 0 Å². The van der Waals surface area contributed by atoms with Gasteiger partial charge in [0.25, 0.3) is 0 Å². The first-order valence-electron chi connectivity index (χ1n) is 8.11. The summed E-state index contributed by atoms with van der Waals surface area (Å²) >= 11 is 6.10. The van der Waals surface area contributed by atoms with Crippen LogP contribution in [0.5, 0.6) is 0 Å². The van der Waals surface area contributed by atoms with Crippen LogP contribution in [0.1, 0.15) is 32.0 Å². The van der Waals surface area contributed by atoms with Crippen LogP contribution in [-0.2, 0) is 11.3 Å². The number of morpholine rings is 1. The molecule has 1 saturated heterocycles. The molecule has 120 valence electrons. The zero-order valence-corrected chi connectivity index (χ0v) is 14.1. The number of nitrogens with zero attached hydrogens (tertiary/aromatic N) is 3. The Morgan fingerprint density at radius 2 is 2.00 bits per heavy atom. The number of aryl methyl sites for hydroxylation is 1. The van der Waals surface area contributed by atoms with Crippen molar-refractivity contribution in [1.29, 1.82) is 0 Å². The van der Waals surface area contributed by atoms with E-state index in [4.69, 9.17) is 21.3 Å². The van der Waals surface area contributed by atoms with Crippen LogP contribution in [0.15, 0.2) is 18.2 Å². The highest BCUT2D eigenvalue weighted by molar-refractivity contribution is 6.31. The van der Waals surface area contributed by atoms with Crippen molar-refractivity contribution in [3.8, 4) is 0 Å². The number of ether oxygens (including phenoxy) is 1. The first kappa shape index (κ1) is 15.8. The molecule has 5 heteroatoms. The molecule has 0 spiro atoms. The van der Waals surface area contributed by atoms with Crippen molar-refractivity contribution in [2.45, 2.75) is 32.7 Å². The number of imidazole rings is 1. The number of hydrogen-bond donors (Lipinski definition) is 0. The predicted molar refractivity (Wildman–Crippen MR) is 90.7 cm³/mol. The van der Waals surface area contributed by atoms with Crippen LogP contribution >= 0.6 is 11.6 Å². The monoisotopic (exact) mass is 321 g/mol. The summed E-state index contributed by atoms with van der Waals surface area (Å²) in [6.45, 7) is 10.3. The summed E-state index contributed by atoms with van der Waals surface area (Å²) in [6, 6.07) is 6.00. The van der Waals surface area contributed by atoms with Crippen molar-refractivity contribution >= 4 is 22.6 Å².